The second-order valence-corrected chi connectivity index (χ2v) is 14.0. The van der Waals surface area contributed by atoms with Crippen LogP contribution in [0, 0.1) is 35.0 Å². The minimum absolute atomic E-state index is 0.182. The highest BCUT2D eigenvalue weighted by atomic mass is 32.2. The molecule has 11 nitrogen and oxygen atoms in total. The molecule has 0 aromatic heterocycles. The molecule has 0 aromatic carbocycles. The fraction of sp³-hybridized carbons (Fsp3) is 0.840. The Morgan fingerprint density at radius 3 is 2.28 bits per heavy atom. The van der Waals surface area contributed by atoms with Crippen molar-refractivity contribution in [2.45, 2.75) is 94.6 Å². The molecule has 3 saturated heterocycles. The molecule has 7 fully saturated rings. The van der Waals surface area contributed by atoms with Gasteiger partial charge in [0.1, 0.15) is 17.8 Å². The predicted molar refractivity (Wildman–Crippen MR) is 124 cm³/mol. The van der Waals surface area contributed by atoms with Gasteiger partial charge in [0.15, 0.2) is 12.2 Å². The summed E-state index contributed by atoms with van der Waals surface area (Å²) in [5.74, 6) is -4.69. The summed E-state index contributed by atoms with van der Waals surface area (Å²) in [5.41, 5.74) is -0.834. The molecule has 1 N–H and O–H groups in total. The minimum atomic E-state index is -5.89. The van der Waals surface area contributed by atoms with Gasteiger partial charge >= 0.3 is 27.3 Å². The Labute approximate surface area is 223 Å². The van der Waals surface area contributed by atoms with Crippen LogP contribution in [0.4, 0.5) is 8.78 Å². The Morgan fingerprint density at radius 1 is 1.10 bits per heavy atom. The van der Waals surface area contributed by atoms with E-state index in [9.17, 15) is 36.4 Å². The number of carbonyl (C=O) groups excluding carboxylic acids is 4. The van der Waals surface area contributed by atoms with Gasteiger partial charge in [0, 0.05) is 17.9 Å². The highest BCUT2D eigenvalue weighted by Gasteiger charge is 2.74. The number of esters is 2. The largest absolute Gasteiger partial charge is 0.457 e. The molecule has 4 saturated carbocycles. The van der Waals surface area contributed by atoms with Crippen molar-refractivity contribution >= 4 is 33.7 Å². The van der Waals surface area contributed by atoms with Crippen LogP contribution >= 0.6 is 0 Å². The zero-order valence-corrected chi connectivity index (χ0v) is 22.4. The van der Waals surface area contributed by atoms with Gasteiger partial charge in [0.25, 0.3) is 0 Å². The van der Waals surface area contributed by atoms with Crippen molar-refractivity contribution in [3.63, 3.8) is 0 Å². The van der Waals surface area contributed by atoms with E-state index in [-0.39, 0.29) is 29.6 Å². The molecule has 0 radical (unpaired) electrons. The van der Waals surface area contributed by atoms with Crippen LogP contribution in [0.3, 0.4) is 0 Å². The summed E-state index contributed by atoms with van der Waals surface area (Å²) < 4.78 is 76.2. The Bertz CT molecular complexity index is 1240. The molecule has 6 bridgehead atoms. The lowest BCUT2D eigenvalue weighted by atomic mass is 9.49. The van der Waals surface area contributed by atoms with Gasteiger partial charge in [-0.25, -0.2) is 0 Å². The summed E-state index contributed by atoms with van der Waals surface area (Å²) in [7, 11) is -5.89. The molecule has 3 heterocycles. The lowest BCUT2D eigenvalue weighted by Gasteiger charge is -2.54. The van der Waals surface area contributed by atoms with Crippen molar-refractivity contribution in [3.8, 4) is 0 Å². The Morgan fingerprint density at radius 2 is 1.72 bits per heavy atom. The number of halogens is 2. The molecule has 0 spiro atoms. The number of likely N-dealkylation sites (tertiary alicyclic amines) is 1. The van der Waals surface area contributed by atoms with Crippen molar-refractivity contribution in [2.24, 2.45) is 35.0 Å². The van der Waals surface area contributed by atoms with Gasteiger partial charge in [-0.15, -0.1) is 0 Å². The monoisotopic (exact) mass is 575 g/mol. The SMILES string of the molecule is CC(C)N1C(=O)C2C3OC(C(OC(=O)C45CC6CC(C4)C(=O)C(C6)C5)C31)C2C(=O)OC(C)C(F)(F)S(=O)(=O)O. The first-order valence-corrected chi connectivity index (χ1v) is 14.8. The Balaban J connectivity index is 1.27. The van der Waals surface area contributed by atoms with Gasteiger partial charge in [-0.2, -0.15) is 17.2 Å². The molecule has 9 atom stereocenters. The summed E-state index contributed by atoms with van der Waals surface area (Å²) in [6.45, 7) is 4.12. The maximum atomic E-state index is 14.1. The van der Waals surface area contributed by atoms with E-state index in [1.54, 1.807) is 13.8 Å². The highest BCUT2D eigenvalue weighted by Crippen LogP contribution is 2.60. The standard InChI is InChI=1S/C25H31F2NO10S/c1-9(2)28-16-18-14(21(28)30)15(22(31)36-10(3)25(26,27)39(33,34)35)19(37-18)20(16)38-23(32)24-6-11-4-12(7-24)17(29)13(5-11)8-24/h9-16,18-20H,4-8H2,1-3H3,(H,33,34,35). The molecule has 3 aliphatic heterocycles. The zero-order valence-electron chi connectivity index (χ0n) is 21.6. The van der Waals surface area contributed by atoms with Crippen molar-refractivity contribution < 1.29 is 55.1 Å². The van der Waals surface area contributed by atoms with E-state index in [1.807, 2.05) is 0 Å². The molecule has 9 unspecified atom stereocenters. The van der Waals surface area contributed by atoms with Crippen LogP contribution in [0.1, 0.15) is 52.9 Å². The average molecular weight is 576 g/mol. The molecule has 7 aliphatic rings. The second kappa shape index (κ2) is 8.41. The topological polar surface area (TPSA) is 154 Å². The molecule has 4 aliphatic carbocycles. The number of nitrogens with zero attached hydrogens (tertiary/aromatic N) is 1. The quantitative estimate of drug-likeness (QED) is 0.348. The maximum Gasteiger partial charge on any atom is 0.405 e. The van der Waals surface area contributed by atoms with Crippen LogP contribution in [-0.4, -0.2) is 83.3 Å². The van der Waals surface area contributed by atoms with Crippen LogP contribution in [-0.2, 0) is 43.5 Å². The van der Waals surface area contributed by atoms with Gasteiger partial charge in [-0.05, 0) is 58.8 Å². The summed E-state index contributed by atoms with van der Waals surface area (Å²) in [6, 6.07) is -1.04. The van der Waals surface area contributed by atoms with Crippen molar-refractivity contribution in [1.82, 2.24) is 4.90 Å². The third-order valence-electron chi connectivity index (χ3n) is 9.88. The van der Waals surface area contributed by atoms with Gasteiger partial charge < -0.3 is 19.1 Å². The number of ether oxygens (including phenoxy) is 3. The lowest BCUT2D eigenvalue weighted by Crippen LogP contribution is -2.57. The Kier molecular flexibility index (Phi) is 5.83. The fourth-order valence-corrected chi connectivity index (χ4v) is 8.91. The molecule has 216 valence electrons. The number of amides is 1. The smallest absolute Gasteiger partial charge is 0.405 e. The number of Topliss-reactive ketones (excluding diaryl/α,β-unsaturated/α-hetero) is 1. The molecule has 14 heteroatoms. The third kappa shape index (κ3) is 3.66. The molecule has 7 rings (SSSR count). The molecular weight excluding hydrogens is 544 g/mol. The predicted octanol–water partition coefficient (Wildman–Crippen LogP) is 1.34. The summed E-state index contributed by atoms with van der Waals surface area (Å²) in [6.07, 6.45) is -2.73. The van der Waals surface area contributed by atoms with Crippen LogP contribution in [0.5, 0.6) is 0 Å². The molecular formula is C25H31F2NO10S. The second-order valence-electron chi connectivity index (χ2n) is 12.5. The number of rotatable bonds is 7. The average Bonchev–Trinajstić information content (AvgIpc) is 3.44. The summed E-state index contributed by atoms with van der Waals surface area (Å²) in [4.78, 5) is 54.4. The number of alkyl halides is 2. The lowest BCUT2D eigenvalue weighted by molar-refractivity contribution is -0.186. The van der Waals surface area contributed by atoms with Gasteiger partial charge in [-0.1, -0.05) is 0 Å². The molecule has 39 heavy (non-hydrogen) atoms. The first-order valence-electron chi connectivity index (χ1n) is 13.3. The summed E-state index contributed by atoms with van der Waals surface area (Å²) >= 11 is 0. The van der Waals surface area contributed by atoms with Crippen LogP contribution in [0.2, 0.25) is 0 Å². The number of fused-ring (bicyclic) bond motifs is 1. The number of ketones is 1. The van der Waals surface area contributed by atoms with Crippen LogP contribution in [0.25, 0.3) is 0 Å². The van der Waals surface area contributed by atoms with Crippen molar-refractivity contribution in [3.05, 3.63) is 0 Å². The first kappa shape index (κ1) is 27.0. The highest BCUT2D eigenvalue weighted by molar-refractivity contribution is 7.86. The van der Waals surface area contributed by atoms with E-state index in [4.69, 9.17) is 18.8 Å². The van der Waals surface area contributed by atoms with Crippen LogP contribution in [0.15, 0.2) is 0 Å². The number of hydrogen-bond donors (Lipinski definition) is 1. The van der Waals surface area contributed by atoms with E-state index in [0.29, 0.717) is 26.2 Å². The van der Waals surface area contributed by atoms with Gasteiger partial charge in [-0.3, -0.25) is 23.7 Å². The van der Waals surface area contributed by atoms with Gasteiger partial charge in [0.05, 0.1) is 23.5 Å². The van der Waals surface area contributed by atoms with Crippen molar-refractivity contribution in [1.29, 1.82) is 0 Å². The van der Waals surface area contributed by atoms with E-state index in [0.717, 1.165) is 12.8 Å². The van der Waals surface area contributed by atoms with E-state index in [2.05, 4.69) is 0 Å². The summed E-state index contributed by atoms with van der Waals surface area (Å²) in [5, 5.41) is -4.78. The van der Waals surface area contributed by atoms with E-state index < -0.39 is 80.9 Å². The van der Waals surface area contributed by atoms with Gasteiger partial charge in [0.2, 0.25) is 5.91 Å². The fourth-order valence-electron chi connectivity index (χ4n) is 8.44. The number of carbonyl (C=O) groups is 4. The van der Waals surface area contributed by atoms with Crippen LogP contribution < -0.4 is 0 Å². The van der Waals surface area contributed by atoms with Crippen molar-refractivity contribution in [2.75, 3.05) is 0 Å². The Hall–Kier alpha value is -2.19. The zero-order chi connectivity index (χ0) is 28.4. The maximum absolute atomic E-state index is 14.1. The normalized spacial score (nSPS) is 42.9. The number of hydrogen-bond acceptors (Lipinski definition) is 9. The van der Waals surface area contributed by atoms with E-state index >= 15 is 0 Å². The molecule has 1 amide bonds. The third-order valence-corrected chi connectivity index (χ3v) is 10.9. The molecule has 0 aromatic rings. The first-order chi connectivity index (χ1) is 18.1. The minimum Gasteiger partial charge on any atom is -0.457 e. The van der Waals surface area contributed by atoms with E-state index in [1.165, 1.54) is 4.90 Å².